The number of carbonyl (C=O) groups excluding carboxylic acids is 1. The molecule has 0 radical (unpaired) electrons. The highest BCUT2D eigenvalue weighted by atomic mass is 32.2. The van der Waals surface area contributed by atoms with E-state index in [4.69, 9.17) is 4.74 Å². The predicted molar refractivity (Wildman–Crippen MR) is 98.0 cm³/mol. The molecule has 0 heterocycles. The Balaban J connectivity index is 2.23. The van der Waals surface area contributed by atoms with Gasteiger partial charge < -0.3 is 10.1 Å². The first-order valence-corrected chi connectivity index (χ1v) is 9.12. The molecule has 0 spiro atoms. The van der Waals surface area contributed by atoms with Gasteiger partial charge in [0.1, 0.15) is 16.5 Å². The van der Waals surface area contributed by atoms with E-state index in [2.05, 4.69) is 10.0 Å². The van der Waals surface area contributed by atoms with E-state index in [-0.39, 0.29) is 16.3 Å². The van der Waals surface area contributed by atoms with Crippen LogP contribution in [-0.4, -0.2) is 28.5 Å². The topological polar surface area (TPSA) is 84.5 Å². The first-order valence-electron chi connectivity index (χ1n) is 7.63. The van der Waals surface area contributed by atoms with Crippen LogP contribution in [0.1, 0.15) is 11.1 Å². The van der Waals surface area contributed by atoms with Gasteiger partial charge in [0.15, 0.2) is 0 Å². The van der Waals surface area contributed by atoms with Gasteiger partial charge in [0.05, 0.1) is 12.8 Å². The second-order valence-electron chi connectivity index (χ2n) is 5.42. The highest BCUT2D eigenvalue weighted by Crippen LogP contribution is 2.25. The molecule has 2 aromatic rings. The van der Waals surface area contributed by atoms with Crippen LogP contribution in [0.15, 0.2) is 47.4 Å². The summed E-state index contributed by atoms with van der Waals surface area (Å²) in [7, 11) is -1.06. The van der Waals surface area contributed by atoms with Crippen LogP contribution in [-0.2, 0) is 14.8 Å². The van der Waals surface area contributed by atoms with Crippen molar-refractivity contribution in [2.75, 3.05) is 19.5 Å². The molecular formula is C18H19FN2O4S. The van der Waals surface area contributed by atoms with E-state index in [9.17, 15) is 17.6 Å². The molecule has 8 heteroatoms. The minimum atomic E-state index is -3.72. The monoisotopic (exact) mass is 378 g/mol. The number of sulfonamides is 1. The summed E-state index contributed by atoms with van der Waals surface area (Å²) in [6, 6.07) is 8.86. The molecule has 0 saturated heterocycles. The van der Waals surface area contributed by atoms with E-state index in [1.54, 1.807) is 19.1 Å². The number of hydrogen-bond donors (Lipinski definition) is 2. The molecule has 6 nitrogen and oxygen atoms in total. The molecule has 1 amide bonds. The molecule has 0 aliphatic rings. The zero-order chi connectivity index (χ0) is 19.3. The molecule has 0 bridgehead atoms. The highest BCUT2D eigenvalue weighted by molar-refractivity contribution is 7.89. The van der Waals surface area contributed by atoms with E-state index in [1.807, 2.05) is 0 Å². The van der Waals surface area contributed by atoms with E-state index >= 15 is 0 Å². The van der Waals surface area contributed by atoms with Crippen molar-refractivity contribution in [1.82, 2.24) is 4.72 Å². The fourth-order valence-corrected chi connectivity index (χ4v) is 3.13. The summed E-state index contributed by atoms with van der Waals surface area (Å²) in [6.45, 7) is 1.78. The van der Waals surface area contributed by atoms with Crippen molar-refractivity contribution in [3.05, 3.63) is 59.4 Å². The Labute approximate surface area is 151 Å². The maximum atomic E-state index is 13.7. The number of hydrogen-bond acceptors (Lipinski definition) is 4. The van der Waals surface area contributed by atoms with E-state index in [0.717, 1.165) is 5.56 Å². The van der Waals surface area contributed by atoms with Crippen LogP contribution in [0.3, 0.4) is 0 Å². The van der Waals surface area contributed by atoms with Crippen LogP contribution in [0, 0.1) is 12.7 Å². The summed E-state index contributed by atoms with van der Waals surface area (Å²) < 4.78 is 45.0. The second-order valence-corrected chi connectivity index (χ2v) is 7.28. The second kappa shape index (κ2) is 8.11. The Morgan fingerprint density at radius 2 is 1.92 bits per heavy atom. The lowest BCUT2D eigenvalue weighted by Gasteiger charge is -2.09. The molecule has 0 unspecified atom stereocenters. The quantitative estimate of drug-likeness (QED) is 0.757. The smallest absolute Gasteiger partial charge is 0.248 e. The molecule has 138 valence electrons. The normalized spacial score (nSPS) is 11.5. The third-order valence-corrected chi connectivity index (χ3v) is 4.99. The molecule has 2 N–H and O–H groups in total. The molecule has 26 heavy (non-hydrogen) atoms. The van der Waals surface area contributed by atoms with Gasteiger partial charge in [-0.15, -0.1) is 0 Å². The van der Waals surface area contributed by atoms with Gasteiger partial charge in [-0.2, -0.15) is 0 Å². The molecule has 0 saturated carbocycles. The molecule has 0 aromatic heterocycles. The Hall–Kier alpha value is -2.71. The SMILES string of the molecule is CNS(=O)(=O)c1cc(/C=C/C(=O)Nc2cc(C)ccc2F)ccc1OC. The third-order valence-electron chi connectivity index (χ3n) is 3.55. The summed E-state index contributed by atoms with van der Waals surface area (Å²) in [5.74, 6) is -0.893. The number of benzene rings is 2. The van der Waals surface area contributed by atoms with Crippen molar-refractivity contribution in [3.8, 4) is 5.75 Å². The fourth-order valence-electron chi connectivity index (χ4n) is 2.20. The largest absolute Gasteiger partial charge is 0.495 e. The average molecular weight is 378 g/mol. The first-order chi connectivity index (χ1) is 12.3. The number of anilines is 1. The summed E-state index contributed by atoms with van der Waals surface area (Å²) in [5.41, 5.74) is 1.36. The lowest BCUT2D eigenvalue weighted by atomic mass is 10.2. The minimum absolute atomic E-state index is 0.0465. The van der Waals surface area contributed by atoms with Crippen LogP contribution < -0.4 is 14.8 Å². The van der Waals surface area contributed by atoms with Crippen molar-refractivity contribution < 1.29 is 22.3 Å². The summed E-state index contributed by atoms with van der Waals surface area (Å²) in [6.07, 6.45) is 2.62. The van der Waals surface area contributed by atoms with Gasteiger partial charge in [-0.05, 0) is 55.4 Å². The Bertz CT molecular complexity index is 956. The van der Waals surface area contributed by atoms with Crippen LogP contribution >= 0.6 is 0 Å². The minimum Gasteiger partial charge on any atom is -0.495 e. The van der Waals surface area contributed by atoms with Gasteiger partial charge in [-0.1, -0.05) is 12.1 Å². The molecule has 2 rings (SSSR count). The number of halogens is 1. The lowest BCUT2D eigenvalue weighted by molar-refractivity contribution is -0.111. The van der Waals surface area contributed by atoms with Crippen molar-refractivity contribution in [1.29, 1.82) is 0 Å². The van der Waals surface area contributed by atoms with Crippen molar-refractivity contribution >= 4 is 27.7 Å². The Kier molecular flexibility index (Phi) is 6.12. The number of nitrogens with one attached hydrogen (secondary N) is 2. The lowest BCUT2D eigenvalue weighted by Crippen LogP contribution is -2.19. The van der Waals surface area contributed by atoms with Gasteiger partial charge in [-0.3, -0.25) is 4.79 Å². The van der Waals surface area contributed by atoms with Crippen LogP contribution in [0.4, 0.5) is 10.1 Å². The molecule has 0 atom stereocenters. The van der Waals surface area contributed by atoms with E-state index in [0.29, 0.717) is 5.56 Å². The number of aryl methyl sites for hydroxylation is 1. The zero-order valence-corrected chi connectivity index (χ0v) is 15.4. The Morgan fingerprint density at radius 1 is 1.19 bits per heavy atom. The molecule has 2 aromatic carbocycles. The standard InChI is InChI=1S/C18H19FN2O4S/c1-12-4-7-14(19)15(10-12)21-18(22)9-6-13-5-8-16(25-3)17(11-13)26(23,24)20-2/h4-11,20H,1-3H3,(H,21,22)/b9-6+. The van der Waals surface area contributed by atoms with Crippen molar-refractivity contribution in [2.45, 2.75) is 11.8 Å². The van der Waals surface area contributed by atoms with Crippen molar-refractivity contribution in [3.63, 3.8) is 0 Å². The van der Waals surface area contributed by atoms with Gasteiger partial charge in [0.2, 0.25) is 15.9 Å². The van der Waals surface area contributed by atoms with Gasteiger partial charge in [0.25, 0.3) is 0 Å². The summed E-state index contributed by atoms with van der Waals surface area (Å²) in [4.78, 5) is 11.9. The van der Waals surface area contributed by atoms with Gasteiger partial charge in [-0.25, -0.2) is 17.5 Å². The molecular weight excluding hydrogens is 359 g/mol. The van der Waals surface area contributed by atoms with Crippen LogP contribution in [0.25, 0.3) is 6.08 Å². The summed E-state index contributed by atoms with van der Waals surface area (Å²) in [5, 5.41) is 2.44. The fraction of sp³-hybridized carbons (Fsp3) is 0.167. The van der Waals surface area contributed by atoms with Gasteiger partial charge in [0, 0.05) is 6.08 Å². The van der Waals surface area contributed by atoms with Gasteiger partial charge >= 0.3 is 0 Å². The zero-order valence-electron chi connectivity index (χ0n) is 14.5. The molecule has 0 fully saturated rings. The maximum absolute atomic E-state index is 13.7. The number of ether oxygens (including phenoxy) is 1. The number of amides is 1. The molecule has 0 aliphatic heterocycles. The van der Waals surface area contributed by atoms with Crippen LogP contribution in [0.5, 0.6) is 5.75 Å². The maximum Gasteiger partial charge on any atom is 0.248 e. The number of methoxy groups -OCH3 is 1. The van der Waals surface area contributed by atoms with Crippen LogP contribution in [0.2, 0.25) is 0 Å². The number of carbonyl (C=O) groups is 1. The number of rotatable bonds is 6. The average Bonchev–Trinajstić information content (AvgIpc) is 2.62. The van der Waals surface area contributed by atoms with Crippen molar-refractivity contribution in [2.24, 2.45) is 0 Å². The van der Waals surface area contributed by atoms with E-state index < -0.39 is 21.7 Å². The Morgan fingerprint density at radius 3 is 2.58 bits per heavy atom. The highest BCUT2D eigenvalue weighted by Gasteiger charge is 2.17. The third kappa shape index (κ3) is 4.68. The summed E-state index contributed by atoms with van der Waals surface area (Å²) >= 11 is 0. The van der Waals surface area contributed by atoms with E-state index in [1.165, 1.54) is 50.6 Å². The first kappa shape index (κ1) is 19.6. The predicted octanol–water partition coefficient (Wildman–Crippen LogP) is 2.70. The molecule has 0 aliphatic carbocycles.